The Hall–Kier alpha value is -2.55. The maximum absolute atomic E-state index is 12.2. The number of aromatic nitrogens is 3. The van der Waals surface area contributed by atoms with E-state index >= 15 is 0 Å². The van der Waals surface area contributed by atoms with Gasteiger partial charge in [0.25, 0.3) is 0 Å². The summed E-state index contributed by atoms with van der Waals surface area (Å²) < 4.78 is 2.94. The summed E-state index contributed by atoms with van der Waals surface area (Å²) >= 11 is 3.50. The number of halogens is 1. The fraction of sp³-hybridized carbons (Fsp3) is 0.318. The lowest BCUT2D eigenvalue weighted by Crippen LogP contribution is -2.67. The molecular weight excluding hydrogens is 446 g/mol. The zero-order chi connectivity index (χ0) is 21.0. The number of benzene rings is 1. The van der Waals surface area contributed by atoms with Crippen LogP contribution in [0, 0.1) is 0 Å². The molecule has 3 heterocycles. The first-order valence-corrected chi connectivity index (χ1v) is 10.7. The van der Waals surface area contributed by atoms with Crippen molar-refractivity contribution in [2.45, 2.75) is 24.8 Å². The lowest BCUT2D eigenvalue weighted by atomic mass is 9.86. The Balaban J connectivity index is 1.68. The average Bonchev–Trinajstić information content (AvgIpc) is 2.98. The van der Waals surface area contributed by atoms with Gasteiger partial charge in [-0.15, -0.1) is 0 Å². The number of nitrogens with one attached hydrogen (secondary N) is 1. The quantitative estimate of drug-likeness (QED) is 0.544. The molecule has 0 spiro atoms. The van der Waals surface area contributed by atoms with Gasteiger partial charge in [0.1, 0.15) is 0 Å². The van der Waals surface area contributed by atoms with Crippen LogP contribution in [0.3, 0.4) is 0 Å². The number of aromatic carboxylic acids is 1. The van der Waals surface area contributed by atoms with E-state index in [0.717, 1.165) is 44.7 Å². The summed E-state index contributed by atoms with van der Waals surface area (Å²) in [5, 5.41) is 13.2. The van der Waals surface area contributed by atoms with E-state index in [2.05, 4.69) is 26.2 Å². The molecule has 3 aromatic rings. The molecule has 2 aliphatic rings. The number of hydrogen-bond acceptors (Lipinski definition) is 5. The van der Waals surface area contributed by atoms with Gasteiger partial charge in [-0.05, 0) is 36.1 Å². The monoisotopic (exact) mass is 467 g/mol. The van der Waals surface area contributed by atoms with Crippen molar-refractivity contribution in [3.05, 3.63) is 57.3 Å². The summed E-state index contributed by atoms with van der Waals surface area (Å²) in [5.74, 6) is -0.275. The largest absolute Gasteiger partial charge is 0.478 e. The third kappa shape index (κ3) is 3.07. The Morgan fingerprint density at radius 3 is 2.83 bits per heavy atom. The summed E-state index contributed by atoms with van der Waals surface area (Å²) in [7, 11) is 1.92. The highest BCUT2D eigenvalue weighted by Gasteiger charge is 2.38. The first-order valence-electron chi connectivity index (χ1n) is 9.92. The summed E-state index contributed by atoms with van der Waals surface area (Å²) in [6, 6.07) is 7.86. The van der Waals surface area contributed by atoms with Crippen LogP contribution in [0.25, 0.3) is 22.8 Å². The Morgan fingerprint density at radius 1 is 1.37 bits per heavy atom. The molecule has 1 saturated heterocycles. The second-order valence-corrected chi connectivity index (χ2v) is 9.15. The van der Waals surface area contributed by atoms with Gasteiger partial charge in [0.15, 0.2) is 5.82 Å². The van der Waals surface area contributed by atoms with E-state index in [0.29, 0.717) is 37.3 Å². The molecule has 30 heavy (non-hydrogen) atoms. The molecule has 4 N–H and O–H groups in total. The molecule has 2 aromatic heterocycles. The second kappa shape index (κ2) is 7.01. The number of carboxylic acids is 1. The van der Waals surface area contributed by atoms with Gasteiger partial charge in [0.2, 0.25) is 0 Å². The van der Waals surface area contributed by atoms with Crippen molar-refractivity contribution < 1.29 is 9.90 Å². The molecular formula is C22H22BrN5O2. The van der Waals surface area contributed by atoms with Gasteiger partial charge in [-0.3, -0.25) is 0 Å². The third-order valence-electron chi connectivity index (χ3n) is 6.12. The first kappa shape index (κ1) is 19.4. The number of carboxylic acid groups (broad SMARTS) is 1. The van der Waals surface area contributed by atoms with E-state index in [-0.39, 0.29) is 0 Å². The van der Waals surface area contributed by atoms with Crippen molar-refractivity contribution in [1.29, 1.82) is 0 Å². The number of nitrogens with two attached hydrogens (primary N) is 1. The lowest BCUT2D eigenvalue weighted by Gasteiger charge is -2.39. The van der Waals surface area contributed by atoms with E-state index in [1.807, 2.05) is 42.1 Å². The lowest BCUT2D eigenvalue weighted by molar-refractivity contribution is 0.0693. The van der Waals surface area contributed by atoms with Crippen molar-refractivity contribution in [2.24, 2.45) is 12.8 Å². The van der Waals surface area contributed by atoms with Crippen LogP contribution in [-0.4, -0.2) is 44.2 Å². The molecule has 7 nitrogen and oxygen atoms in total. The van der Waals surface area contributed by atoms with Crippen molar-refractivity contribution >= 4 is 21.9 Å². The number of fused-ring (bicyclic) bond motifs is 3. The molecule has 1 aliphatic carbocycles. The molecule has 0 radical (unpaired) electrons. The minimum absolute atomic E-state index is 0.387. The fourth-order valence-corrected chi connectivity index (χ4v) is 4.93. The normalized spacial score (nSPS) is 16.5. The van der Waals surface area contributed by atoms with Crippen molar-refractivity contribution in [2.75, 3.05) is 13.1 Å². The molecule has 5 rings (SSSR count). The maximum Gasteiger partial charge on any atom is 0.337 e. The van der Waals surface area contributed by atoms with Gasteiger partial charge in [-0.25, -0.2) is 14.8 Å². The van der Waals surface area contributed by atoms with Crippen LogP contribution in [0.5, 0.6) is 0 Å². The summed E-state index contributed by atoms with van der Waals surface area (Å²) in [6.45, 7) is 1.38. The maximum atomic E-state index is 12.2. The second-order valence-electron chi connectivity index (χ2n) is 8.23. The Labute approximate surface area is 182 Å². The number of carbonyl (C=O) groups is 1. The standard InChI is InChI=1S/C22H22BrN5O2/c1-28-16(8-22(24)10-25-11-22)17(21(29)30)15-6-5-13-9-26-20(27-18(13)19(15)28)12-3-2-4-14(23)7-12/h2-4,7,9,25H,5-6,8,10-11,24H2,1H3,(H,29,30). The molecule has 0 atom stereocenters. The Morgan fingerprint density at radius 2 is 2.17 bits per heavy atom. The molecule has 0 bridgehead atoms. The fourth-order valence-electron chi connectivity index (χ4n) is 4.53. The summed E-state index contributed by atoms with van der Waals surface area (Å²) in [6.07, 6.45) is 3.77. The zero-order valence-corrected chi connectivity index (χ0v) is 18.2. The summed E-state index contributed by atoms with van der Waals surface area (Å²) in [4.78, 5) is 21.7. The van der Waals surface area contributed by atoms with Crippen molar-refractivity contribution in [3.8, 4) is 22.8 Å². The van der Waals surface area contributed by atoms with Gasteiger partial charge < -0.3 is 20.7 Å². The third-order valence-corrected chi connectivity index (χ3v) is 6.61. The van der Waals surface area contributed by atoms with E-state index < -0.39 is 11.5 Å². The van der Waals surface area contributed by atoms with Crippen LogP contribution < -0.4 is 11.1 Å². The van der Waals surface area contributed by atoms with E-state index in [4.69, 9.17) is 10.7 Å². The predicted octanol–water partition coefficient (Wildman–Crippen LogP) is 2.55. The van der Waals surface area contributed by atoms with Crippen molar-refractivity contribution in [1.82, 2.24) is 19.9 Å². The van der Waals surface area contributed by atoms with E-state index in [1.165, 1.54) is 0 Å². The average molecular weight is 468 g/mol. The van der Waals surface area contributed by atoms with Gasteiger partial charge >= 0.3 is 5.97 Å². The van der Waals surface area contributed by atoms with Crippen LogP contribution in [0.1, 0.15) is 27.2 Å². The predicted molar refractivity (Wildman–Crippen MR) is 117 cm³/mol. The van der Waals surface area contributed by atoms with Gasteiger partial charge in [-0.1, -0.05) is 28.1 Å². The molecule has 154 valence electrons. The molecule has 1 aliphatic heterocycles. The number of aryl methyl sites for hydroxylation is 1. The molecule has 8 heteroatoms. The minimum Gasteiger partial charge on any atom is -0.478 e. The van der Waals surface area contributed by atoms with Crippen molar-refractivity contribution in [3.63, 3.8) is 0 Å². The van der Waals surface area contributed by atoms with Crippen LogP contribution in [-0.2, 0) is 26.3 Å². The molecule has 1 fully saturated rings. The summed E-state index contributed by atoms with van der Waals surface area (Å²) in [5.41, 5.74) is 11.7. The van der Waals surface area contributed by atoms with Crippen LogP contribution in [0.4, 0.5) is 0 Å². The zero-order valence-electron chi connectivity index (χ0n) is 16.6. The van der Waals surface area contributed by atoms with E-state index in [9.17, 15) is 9.90 Å². The molecule has 1 aromatic carbocycles. The highest BCUT2D eigenvalue weighted by Crippen LogP contribution is 2.39. The molecule has 0 unspecified atom stereocenters. The minimum atomic E-state index is -0.901. The smallest absolute Gasteiger partial charge is 0.337 e. The molecule has 0 amide bonds. The van der Waals surface area contributed by atoms with E-state index in [1.54, 1.807) is 0 Å². The number of rotatable bonds is 4. The van der Waals surface area contributed by atoms with Gasteiger partial charge in [0, 0.05) is 54.0 Å². The SMILES string of the molecule is Cn1c(CC2(N)CNC2)c(C(=O)O)c2c1-c1nc(-c3cccc(Br)c3)ncc1CC2. The van der Waals surface area contributed by atoms with Gasteiger partial charge in [-0.2, -0.15) is 0 Å². The number of nitrogens with zero attached hydrogens (tertiary/aromatic N) is 3. The topological polar surface area (TPSA) is 106 Å². The number of hydrogen-bond donors (Lipinski definition) is 3. The van der Waals surface area contributed by atoms with Crippen LogP contribution in [0.2, 0.25) is 0 Å². The molecule has 0 saturated carbocycles. The van der Waals surface area contributed by atoms with Crippen LogP contribution >= 0.6 is 15.9 Å². The van der Waals surface area contributed by atoms with Gasteiger partial charge in [0.05, 0.1) is 17.0 Å². The van der Waals surface area contributed by atoms with Crippen LogP contribution in [0.15, 0.2) is 34.9 Å². The Kier molecular flexibility index (Phi) is 4.53. The first-order chi connectivity index (χ1) is 14.4. The highest BCUT2D eigenvalue weighted by atomic mass is 79.9. The highest BCUT2D eigenvalue weighted by molar-refractivity contribution is 9.10. The Bertz CT molecular complexity index is 1180.